The van der Waals surface area contributed by atoms with E-state index < -0.39 is 0 Å². The Bertz CT molecular complexity index is 1370. The molecule has 6 heterocycles. The minimum atomic E-state index is 1.29. The van der Waals surface area contributed by atoms with E-state index in [1.807, 2.05) is 34.0 Å². The van der Waals surface area contributed by atoms with Crippen LogP contribution in [0.5, 0.6) is 0 Å². The first-order valence-corrected chi connectivity index (χ1v) is 14.3. The zero-order chi connectivity index (χ0) is 19.9. The third-order valence-corrected chi connectivity index (χ3v) is 11.2. The molecule has 6 aromatic heterocycles. The molecule has 6 aromatic rings. The molecule has 0 saturated heterocycles. The van der Waals surface area contributed by atoms with E-state index in [-0.39, 0.29) is 0 Å². The first-order valence-electron chi connectivity index (χ1n) is 9.23. The molecule has 0 atom stereocenters. The van der Waals surface area contributed by atoms with Crippen molar-refractivity contribution in [2.45, 2.75) is 0 Å². The molecule has 0 fully saturated rings. The fourth-order valence-electron chi connectivity index (χ4n) is 3.38. The Kier molecular flexibility index (Phi) is 5.07. The van der Waals surface area contributed by atoms with Gasteiger partial charge < -0.3 is 0 Å². The maximum Gasteiger partial charge on any atom is 0.0528 e. The lowest BCUT2D eigenvalue weighted by Crippen LogP contribution is -1.76. The summed E-state index contributed by atoms with van der Waals surface area (Å²) >= 11 is 10.9. The number of hydrogen-bond donors (Lipinski definition) is 0. The molecule has 6 rings (SSSR count). The van der Waals surface area contributed by atoms with Gasteiger partial charge in [0.05, 0.1) is 9.75 Å². The number of rotatable bonds is 5. The van der Waals surface area contributed by atoms with E-state index in [0.717, 1.165) is 0 Å². The van der Waals surface area contributed by atoms with Gasteiger partial charge in [0, 0.05) is 45.8 Å². The van der Waals surface area contributed by atoms with Gasteiger partial charge in [0.1, 0.15) is 0 Å². The van der Waals surface area contributed by atoms with Crippen molar-refractivity contribution in [2.24, 2.45) is 0 Å². The van der Waals surface area contributed by atoms with E-state index in [9.17, 15) is 0 Å². The van der Waals surface area contributed by atoms with Crippen molar-refractivity contribution in [1.82, 2.24) is 0 Å². The van der Waals surface area contributed by atoms with Crippen LogP contribution in [0, 0.1) is 5.38 Å². The van der Waals surface area contributed by atoms with Crippen molar-refractivity contribution in [1.29, 1.82) is 0 Å². The van der Waals surface area contributed by atoms with Crippen LogP contribution >= 0.6 is 68.0 Å². The summed E-state index contributed by atoms with van der Waals surface area (Å²) in [5.74, 6) is 0. The van der Waals surface area contributed by atoms with E-state index in [1.54, 1.807) is 34.0 Å². The summed E-state index contributed by atoms with van der Waals surface area (Å²) < 4.78 is 0. The zero-order valence-electron chi connectivity index (χ0n) is 15.5. The van der Waals surface area contributed by atoms with Crippen LogP contribution in [0.3, 0.4) is 0 Å². The van der Waals surface area contributed by atoms with E-state index in [1.165, 1.54) is 50.1 Å². The van der Waals surface area contributed by atoms with E-state index in [4.69, 9.17) is 0 Å². The minimum absolute atomic E-state index is 1.29. The summed E-state index contributed by atoms with van der Waals surface area (Å²) in [7, 11) is 0. The van der Waals surface area contributed by atoms with E-state index >= 15 is 0 Å². The Morgan fingerprint density at radius 2 is 1.20 bits per heavy atom. The van der Waals surface area contributed by atoms with Crippen LogP contribution in [-0.2, 0) is 0 Å². The minimum Gasteiger partial charge on any atom is -0.143 e. The maximum atomic E-state index is 3.42. The lowest BCUT2D eigenvalue weighted by Gasteiger charge is -2.03. The molecule has 0 aliphatic heterocycles. The van der Waals surface area contributed by atoms with Crippen LogP contribution in [0.15, 0.2) is 76.8 Å². The maximum absolute atomic E-state index is 3.42. The Hall–Kier alpha value is -1.80. The summed E-state index contributed by atoms with van der Waals surface area (Å²) in [5.41, 5.74) is 2.62. The highest BCUT2D eigenvalue weighted by atomic mass is 32.1. The predicted molar refractivity (Wildman–Crippen MR) is 140 cm³/mol. The second kappa shape index (κ2) is 8.04. The largest absolute Gasteiger partial charge is 0.143 e. The van der Waals surface area contributed by atoms with Crippen LogP contribution in [0.25, 0.3) is 50.1 Å². The van der Waals surface area contributed by atoms with Gasteiger partial charge >= 0.3 is 0 Å². The monoisotopic (exact) mass is 493 g/mol. The van der Waals surface area contributed by atoms with Gasteiger partial charge in [-0.2, -0.15) is 0 Å². The molecule has 0 saturated carbocycles. The number of thiophene rings is 6. The van der Waals surface area contributed by atoms with Gasteiger partial charge in [-0.3, -0.25) is 0 Å². The van der Waals surface area contributed by atoms with E-state index in [2.05, 4.69) is 82.2 Å². The average molecular weight is 494 g/mol. The lowest BCUT2D eigenvalue weighted by molar-refractivity contribution is 1.80. The van der Waals surface area contributed by atoms with Crippen molar-refractivity contribution < 1.29 is 0 Å². The first-order chi connectivity index (χ1) is 14.9. The van der Waals surface area contributed by atoms with Crippen molar-refractivity contribution >= 4 is 68.0 Å². The van der Waals surface area contributed by atoms with Crippen LogP contribution in [0.2, 0.25) is 0 Å². The summed E-state index contributed by atoms with van der Waals surface area (Å²) in [6, 6.07) is 22.1. The molecule has 0 amide bonds. The molecule has 145 valence electrons. The summed E-state index contributed by atoms with van der Waals surface area (Å²) in [6.07, 6.45) is 0. The zero-order valence-corrected chi connectivity index (χ0v) is 20.4. The van der Waals surface area contributed by atoms with Crippen molar-refractivity contribution in [3.8, 4) is 50.1 Å². The predicted octanol–water partition coefficient (Wildman–Crippen LogP) is 10.2. The molecule has 0 unspecified atom stereocenters. The van der Waals surface area contributed by atoms with Gasteiger partial charge in [0.2, 0.25) is 0 Å². The van der Waals surface area contributed by atoms with Gasteiger partial charge in [-0.15, -0.1) is 68.0 Å². The number of hydrogen-bond acceptors (Lipinski definition) is 6. The standard InChI is InChI=1S/C24H13S6/c1-4-17(25-10-1)19-7-8-21(29-19)23-15(9-13-28-23)16-14-22(18-5-2-11-26-18)30-24(16)20-6-3-12-27-20/h1-12,14H. The van der Waals surface area contributed by atoms with Crippen LogP contribution < -0.4 is 0 Å². The topological polar surface area (TPSA) is 0 Å². The Balaban J connectivity index is 1.49. The third kappa shape index (κ3) is 3.38. The van der Waals surface area contributed by atoms with Gasteiger partial charge in [-0.05, 0) is 58.6 Å². The molecular formula is C24H13S6. The Labute approximate surface area is 199 Å². The Morgan fingerprint density at radius 1 is 0.533 bits per heavy atom. The molecule has 6 heteroatoms. The highest BCUT2D eigenvalue weighted by Crippen LogP contribution is 2.50. The van der Waals surface area contributed by atoms with Gasteiger partial charge in [0.25, 0.3) is 0 Å². The summed E-state index contributed by atoms with van der Waals surface area (Å²) in [6.45, 7) is 0. The third-order valence-electron chi connectivity index (χ3n) is 4.73. The second-order valence-electron chi connectivity index (χ2n) is 6.56. The Morgan fingerprint density at radius 3 is 1.90 bits per heavy atom. The highest BCUT2D eigenvalue weighted by Gasteiger charge is 2.20. The summed E-state index contributed by atoms with van der Waals surface area (Å²) in [4.78, 5) is 10.7. The van der Waals surface area contributed by atoms with Crippen LogP contribution in [0.4, 0.5) is 0 Å². The van der Waals surface area contributed by atoms with Gasteiger partial charge in [-0.25, -0.2) is 0 Å². The fourth-order valence-corrected chi connectivity index (χ4v) is 9.04. The van der Waals surface area contributed by atoms with Crippen molar-refractivity contribution in [3.63, 3.8) is 0 Å². The average Bonchev–Trinajstić information content (AvgIpc) is 3.61. The van der Waals surface area contributed by atoms with Gasteiger partial charge in [0.15, 0.2) is 0 Å². The quantitative estimate of drug-likeness (QED) is 0.224. The van der Waals surface area contributed by atoms with Crippen molar-refractivity contribution in [2.75, 3.05) is 0 Å². The van der Waals surface area contributed by atoms with Crippen LogP contribution in [-0.4, -0.2) is 0 Å². The first kappa shape index (κ1) is 18.9. The molecule has 0 bridgehead atoms. The SMILES string of the molecule is [c]1cc(-c2cc(-c3cccs3)sc2-c2cccs2)c(-c2ccc(-c3cccs3)s2)s1. The smallest absolute Gasteiger partial charge is 0.0528 e. The van der Waals surface area contributed by atoms with Crippen LogP contribution in [0.1, 0.15) is 0 Å². The van der Waals surface area contributed by atoms with E-state index in [0.29, 0.717) is 0 Å². The molecule has 0 nitrogen and oxygen atoms in total. The molecule has 1 radical (unpaired) electrons. The highest BCUT2D eigenvalue weighted by molar-refractivity contribution is 7.27. The second-order valence-corrected chi connectivity index (χ2v) is 12.4. The molecule has 0 aliphatic carbocycles. The normalized spacial score (nSPS) is 11.3. The molecule has 30 heavy (non-hydrogen) atoms. The van der Waals surface area contributed by atoms with Gasteiger partial charge in [-0.1, -0.05) is 18.2 Å². The molecular weight excluding hydrogens is 481 g/mol. The molecule has 0 aromatic carbocycles. The fraction of sp³-hybridized carbons (Fsp3) is 0. The van der Waals surface area contributed by atoms with Crippen molar-refractivity contribution in [3.05, 3.63) is 82.2 Å². The molecule has 0 aliphatic rings. The molecule has 0 N–H and O–H groups in total. The summed E-state index contributed by atoms with van der Waals surface area (Å²) in [5, 5.41) is 9.88. The molecule has 0 spiro atoms. The lowest BCUT2D eigenvalue weighted by atomic mass is 10.1.